The van der Waals surface area contributed by atoms with E-state index < -0.39 is 0 Å². The highest BCUT2D eigenvalue weighted by atomic mass is 79.9. The highest BCUT2D eigenvalue weighted by Gasteiger charge is 2.27. The Bertz CT molecular complexity index is 538. The number of halogens is 1. The molecule has 2 rings (SSSR count). The monoisotopic (exact) mass is 366 g/mol. The van der Waals surface area contributed by atoms with Crippen LogP contribution in [0.2, 0.25) is 0 Å². The van der Waals surface area contributed by atoms with E-state index in [4.69, 9.17) is 5.73 Å². The Hall–Kier alpha value is -0.680. The zero-order valence-corrected chi connectivity index (χ0v) is 15.2. The van der Waals surface area contributed by atoms with E-state index in [2.05, 4.69) is 83.5 Å². The molecule has 4 heteroatoms. The van der Waals surface area contributed by atoms with Crippen LogP contribution in [0.15, 0.2) is 46.3 Å². The molecule has 1 heterocycles. The molecule has 2 nitrogen and oxygen atoms in total. The Morgan fingerprint density at radius 3 is 2.43 bits per heavy atom. The molecule has 1 aromatic carbocycles. The minimum atomic E-state index is 0.124. The van der Waals surface area contributed by atoms with Crippen molar-refractivity contribution in [3.8, 4) is 0 Å². The van der Waals surface area contributed by atoms with E-state index in [-0.39, 0.29) is 12.1 Å². The van der Waals surface area contributed by atoms with Crippen molar-refractivity contribution < 1.29 is 0 Å². The Morgan fingerprint density at radius 1 is 1.24 bits per heavy atom. The van der Waals surface area contributed by atoms with E-state index in [1.165, 1.54) is 10.4 Å². The Kier molecular flexibility index (Phi) is 5.99. The van der Waals surface area contributed by atoms with E-state index in [9.17, 15) is 0 Å². The third kappa shape index (κ3) is 3.95. The highest BCUT2D eigenvalue weighted by molar-refractivity contribution is 9.10. The molecule has 0 saturated heterocycles. The Labute approximate surface area is 140 Å². The smallest absolute Gasteiger partial charge is 0.0502 e. The summed E-state index contributed by atoms with van der Waals surface area (Å²) in [6.45, 7) is 4.40. The summed E-state index contributed by atoms with van der Waals surface area (Å²) >= 11 is 5.31. The summed E-state index contributed by atoms with van der Waals surface area (Å²) < 4.78 is 1.10. The van der Waals surface area contributed by atoms with Gasteiger partial charge in [0.05, 0.1) is 6.04 Å². The minimum absolute atomic E-state index is 0.124. The van der Waals surface area contributed by atoms with Crippen molar-refractivity contribution in [2.75, 3.05) is 7.05 Å². The lowest BCUT2D eigenvalue weighted by Gasteiger charge is -2.36. The fraction of sp³-hybridized carbons (Fsp3) is 0.412. The normalized spacial score (nSPS) is 15.9. The lowest BCUT2D eigenvalue weighted by molar-refractivity contribution is 0.161. The molecule has 0 fully saturated rings. The molecule has 0 spiro atoms. The van der Waals surface area contributed by atoms with Crippen LogP contribution in [-0.4, -0.2) is 18.0 Å². The number of likely N-dealkylation sites (N-methyl/N-ethyl adjacent to an activating group) is 1. The molecule has 1 aromatic heterocycles. The van der Waals surface area contributed by atoms with E-state index >= 15 is 0 Å². The number of rotatable bonds is 6. The van der Waals surface area contributed by atoms with Crippen molar-refractivity contribution in [2.24, 2.45) is 5.73 Å². The summed E-state index contributed by atoms with van der Waals surface area (Å²) in [5, 5.41) is 2.13. The van der Waals surface area contributed by atoms with Gasteiger partial charge in [0.1, 0.15) is 0 Å². The molecule has 0 saturated carbocycles. The molecule has 3 atom stereocenters. The van der Waals surface area contributed by atoms with Gasteiger partial charge in [0.15, 0.2) is 0 Å². The first kappa shape index (κ1) is 16.7. The summed E-state index contributed by atoms with van der Waals surface area (Å²) in [7, 11) is 2.17. The van der Waals surface area contributed by atoms with Gasteiger partial charge in [0.2, 0.25) is 0 Å². The Balaban J connectivity index is 2.29. The molecule has 2 aromatic rings. The molecule has 2 N–H and O–H groups in total. The van der Waals surface area contributed by atoms with Crippen LogP contribution in [0.3, 0.4) is 0 Å². The van der Waals surface area contributed by atoms with Crippen molar-refractivity contribution >= 4 is 27.3 Å². The lowest BCUT2D eigenvalue weighted by Crippen LogP contribution is -2.39. The van der Waals surface area contributed by atoms with Crippen molar-refractivity contribution in [3.63, 3.8) is 0 Å². The number of nitrogens with zero attached hydrogens (tertiary/aromatic N) is 1. The van der Waals surface area contributed by atoms with Gasteiger partial charge in [0.25, 0.3) is 0 Å². The molecule has 0 aliphatic carbocycles. The molecule has 0 bridgehead atoms. The van der Waals surface area contributed by atoms with Crippen molar-refractivity contribution in [2.45, 2.75) is 38.4 Å². The van der Waals surface area contributed by atoms with E-state index in [0.717, 1.165) is 10.9 Å². The second-order valence-electron chi connectivity index (χ2n) is 5.43. The first-order valence-electron chi connectivity index (χ1n) is 7.31. The summed E-state index contributed by atoms with van der Waals surface area (Å²) in [5.41, 5.74) is 7.71. The van der Waals surface area contributed by atoms with Crippen LogP contribution in [0.4, 0.5) is 0 Å². The van der Waals surface area contributed by atoms with Gasteiger partial charge in [-0.25, -0.2) is 0 Å². The summed E-state index contributed by atoms with van der Waals surface area (Å²) in [4.78, 5) is 3.77. The van der Waals surface area contributed by atoms with E-state index in [0.29, 0.717) is 6.04 Å². The number of benzene rings is 1. The number of hydrogen-bond donors (Lipinski definition) is 1. The first-order valence-corrected chi connectivity index (χ1v) is 8.98. The third-order valence-corrected chi connectivity index (χ3v) is 5.66. The Morgan fingerprint density at radius 2 is 1.90 bits per heavy atom. The predicted molar refractivity (Wildman–Crippen MR) is 95.6 cm³/mol. The molecule has 0 radical (unpaired) electrons. The zero-order valence-electron chi connectivity index (χ0n) is 12.8. The van der Waals surface area contributed by atoms with Gasteiger partial charge in [-0.2, -0.15) is 0 Å². The minimum Gasteiger partial charge on any atom is -0.326 e. The van der Waals surface area contributed by atoms with Gasteiger partial charge in [-0.05, 0) is 49.5 Å². The van der Waals surface area contributed by atoms with Crippen LogP contribution in [0, 0.1) is 0 Å². The van der Waals surface area contributed by atoms with Gasteiger partial charge < -0.3 is 5.73 Å². The van der Waals surface area contributed by atoms with Crippen LogP contribution < -0.4 is 5.73 Å². The maximum Gasteiger partial charge on any atom is 0.0502 e. The van der Waals surface area contributed by atoms with Crippen LogP contribution in [-0.2, 0) is 0 Å². The maximum absolute atomic E-state index is 6.43. The molecule has 0 amide bonds. The average molecular weight is 367 g/mol. The second-order valence-corrected chi connectivity index (χ2v) is 7.32. The molecule has 114 valence electrons. The van der Waals surface area contributed by atoms with Crippen LogP contribution in [0.25, 0.3) is 0 Å². The van der Waals surface area contributed by atoms with Gasteiger partial charge >= 0.3 is 0 Å². The van der Waals surface area contributed by atoms with Crippen LogP contribution in [0.5, 0.6) is 0 Å². The van der Waals surface area contributed by atoms with Crippen molar-refractivity contribution in [1.82, 2.24) is 4.90 Å². The number of nitrogens with two attached hydrogens (primary N) is 1. The summed E-state index contributed by atoms with van der Waals surface area (Å²) in [6, 6.07) is 13.5. The average Bonchev–Trinajstić information content (AvgIpc) is 3.02. The largest absolute Gasteiger partial charge is 0.326 e. The third-order valence-electron chi connectivity index (χ3n) is 4.09. The van der Waals surface area contributed by atoms with Crippen molar-refractivity contribution in [3.05, 3.63) is 56.7 Å². The summed E-state index contributed by atoms with van der Waals surface area (Å²) in [6.07, 6.45) is 0.961. The van der Waals surface area contributed by atoms with Crippen molar-refractivity contribution in [1.29, 1.82) is 0 Å². The van der Waals surface area contributed by atoms with Gasteiger partial charge in [0, 0.05) is 21.4 Å². The standard InChI is InChI=1S/C17H23BrN2S/c1-4-15(19)17(13-7-9-14(18)10-8-13)20(3)12(2)16-6-5-11-21-16/h5-12,15,17H,4,19H2,1-3H3. The molecule has 21 heavy (non-hydrogen) atoms. The zero-order chi connectivity index (χ0) is 15.4. The van der Waals surface area contributed by atoms with Gasteiger partial charge in [-0.15, -0.1) is 11.3 Å². The molecule has 0 aliphatic heterocycles. The van der Waals surface area contributed by atoms with Crippen LogP contribution in [0.1, 0.15) is 42.8 Å². The molecular formula is C17H23BrN2S. The highest BCUT2D eigenvalue weighted by Crippen LogP contribution is 2.33. The van der Waals surface area contributed by atoms with Gasteiger partial charge in [-0.1, -0.05) is 41.1 Å². The van der Waals surface area contributed by atoms with Gasteiger partial charge in [-0.3, -0.25) is 4.90 Å². The number of thiophene rings is 1. The van der Waals surface area contributed by atoms with E-state index in [1.54, 1.807) is 11.3 Å². The predicted octanol–water partition coefficient (Wildman–Crippen LogP) is 4.98. The topological polar surface area (TPSA) is 29.3 Å². The molecular weight excluding hydrogens is 344 g/mol. The molecule has 0 aliphatic rings. The van der Waals surface area contributed by atoms with Crippen LogP contribution >= 0.6 is 27.3 Å². The summed E-state index contributed by atoms with van der Waals surface area (Å²) in [5.74, 6) is 0. The fourth-order valence-corrected chi connectivity index (χ4v) is 3.74. The second kappa shape index (κ2) is 7.54. The van der Waals surface area contributed by atoms with E-state index in [1.807, 2.05) is 0 Å². The number of hydrogen-bond acceptors (Lipinski definition) is 3. The quantitative estimate of drug-likeness (QED) is 0.780. The molecule has 3 unspecified atom stereocenters. The first-order chi connectivity index (χ1) is 10.0. The fourth-order valence-electron chi connectivity index (χ4n) is 2.64. The maximum atomic E-state index is 6.43. The SMILES string of the molecule is CCC(N)C(c1ccc(Br)cc1)N(C)C(C)c1cccs1. The lowest BCUT2D eigenvalue weighted by atomic mass is 9.95.